The van der Waals surface area contributed by atoms with E-state index in [-0.39, 0.29) is 18.9 Å². The molecular weight excluding hydrogens is 362 g/mol. The van der Waals surface area contributed by atoms with Crippen LogP contribution in [0.25, 0.3) is 0 Å². The fourth-order valence-electron chi connectivity index (χ4n) is 2.36. The molecule has 6 nitrogen and oxygen atoms in total. The second-order valence-corrected chi connectivity index (χ2v) is 6.27. The van der Waals surface area contributed by atoms with Gasteiger partial charge in [-0.3, -0.25) is 14.3 Å². The minimum absolute atomic E-state index is 0.0593. The summed E-state index contributed by atoms with van der Waals surface area (Å²) in [7, 11) is 0. The average Bonchev–Trinajstić information content (AvgIpc) is 2.75. The van der Waals surface area contributed by atoms with Crippen LogP contribution in [0.5, 0.6) is 0 Å². The number of carboxylic acids is 1. The maximum Gasteiger partial charge on any atom is 0.305 e. The van der Waals surface area contributed by atoms with Gasteiger partial charge in [-0.2, -0.15) is 5.10 Å². The number of amides is 1. The van der Waals surface area contributed by atoms with Gasteiger partial charge >= 0.3 is 5.97 Å². The first-order chi connectivity index (χ1) is 10.8. The van der Waals surface area contributed by atoms with Gasteiger partial charge in [0, 0.05) is 10.2 Å². The highest BCUT2D eigenvalue weighted by atomic mass is 79.9. The van der Waals surface area contributed by atoms with Crippen molar-refractivity contribution in [1.82, 2.24) is 15.1 Å². The third-order valence-electron chi connectivity index (χ3n) is 3.36. The Morgan fingerprint density at radius 2 is 2.09 bits per heavy atom. The summed E-state index contributed by atoms with van der Waals surface area (Å²) in [6.45, 7) is 3.79. The van der Waals surface area contributed by atoms with Crippen LogP contribution in [0.15, 0.2) is 34.8 Å². The minimum Gasteiger partial charge on any atom is -0.481 e. The Bertz CT molecular complexity index is 727. The molecule has 0 radical (unpaired) electrons. The van der Waals surface area contributed by atoms with E-state index >= 15 is 0 Å². The maximum absolute atomic E-state index is 12.2. The molecule has 1 aromatic carbocycles. The molecule has 1 heterocycles. The predicted molar refractivity (Wildman–Crippen MR) is 89.0 cm³/mol. The summed E-state index contributed by atoms with van der Waals surface area (Å²) in [6.07, 6.45) is -0.181. The SMILES string of the molecule is Cc1cc(C)n(CC(=O)NC(CC(=O)O)c2cccc(Br)c2)n1. The number of hydrogen-bond acceptors (Lipinski definition) is 3. The first kappa shape index (κ1) is 17.2. The molecule has 1 atom stereocenters. The van der Waals surface area contributed by atoms with Crippen molar-refractivity contribution >= 4 is 27.8 Å². The van der Waals surface area contributed by atoms with Gasteiger partial charge in [0.15, 0.2) is 0 Å². The van der Waals surface area contributed by atoms with Crippen LogP contribution in [0.1, 0.15) is 29.4 Å². The topological polar surface area (TPSA) is 84.2 Å². The van der Waals surface area contributed by atoms with Crippen molar-refractivity contribution in [3.05, 3.63) is 51.8 Å². The minimum atomic E-state index is -0.971. The van der Waals surface area contributed by atoms with E-state index in [1.54, 1.807) is 22.9 Å². The zero-order valence-electron chi connectivity index (χ0n) is 12.9. The Balaban J connectivity index is 2.12. The third-order valence-corrected chi connectivity index (χ3v) is 3.85. The van der Waals surface area contributed by atoms with Gasteiger partial charge in [0.25, 0.3) is 0 Å². The molecular formula is C16H18BrN3O3. The quantitative estimate of drug-likeness (QED) is 0.807. The van der Waals surface area contributed by atoms with Crippen LogP contribution in [0, 0.1) is 13.8 Å². The van der Waals surface area contributed by atoms with Crippen LogP contribution in [-0.2, 0) is 16.1 Å². The van der Waals surface area contributed by atoms with Crippen molar-refractivity contribution in [3.63, 3.8) is 0 Å². The molecule has 2 N–H and O–H groups in total. The molecule has 0 spiro atoms. The Hall–Kier alpha value is -2.15. The number of aromatic nitrogens is 2. The van der Waals surface area contributed by atoms with E-state index in [9.17, 15) is 9.59 Å². The van der Waals surface area contributed by atoms with E-state index in [1.807, 2.05) is 26.0 Å². The molecule has 23 heavy (non-hydrogen) atoms. The van der Waals surface area contributed by atoms with Crippen molar-refractivity contribution in [2.24, 2.45) is 0 Å². The van der Waals surface area contributed by atoms with E-state index in [4.69, 9.17) is 5.11 Å². The Morgan fingerprint density at radius 3 is 2.65 bits per heavy atom. The number of carbonyl (C=O) groups excluding carboxylic acids is 1. The Kier molecular flexibility index (Phi) is 5.54. The van der Waals surface area contributed by atoms with Crippen molar-refractivity contribution < 1.29 is 14.7 Å². The van der Waals surface area contributed by atoms with Crippen LogP contribution in [0.4, 0.5) is 0 Å². The zero-order valence-corrected chi connectivity index (χ0v) is 14.5. The summed E-state index contributed by atoms with van der Waals surface area (Å²) < 4.78 is 2.43. The second kappa shape index (κ2) is 7.41. The summed E-state index contributed by atoms with van der Waals surface area (Å²) in [4.78, 5) is 23.3. The largest absolute Gasteiger partial charge is 0.481 e. The van der Waals surface area contributed by atoms with Gasteiger partial charge in [0.05, 0.1) is 18.2 Å². The van der Waals surface area contributed by atoms with E-state index < -0.39 is 12.0 Å². The van der Waals surface area contributed by atoms with Crippen molar-refractivity contribution in [1.29, 1.82) is 0 Å². The number of aryl methyl sites for hydroxylation is 2. The van der Waals surface area contributed by atoms with Crippen LogP contribution in [0.3, 0.4) is 0 Å². The molecule has 0 aliphatic rings. The molecule has 0 bridgehead atoms. The normalized spacial score (nSPS) is 12.0. The average molecular weight is 380 g/mol. The van der Waals surface area contributed by atoms with Crippen molar-refractivity contribution in [2.45, 2.75) is 32.9 Å². The smallest absolute Gasteiger partial charge is 0.305 e. The van der Waals surface area contributed by atoms with E-state index in [1.165, 1.54) is 0 Å². The summed E-state index contributed by atoms with van der Waals surface area (Å²) >= 11 is 3.35. The van der Waals surface area contributed by atoms with Crippen molar-refractivity contribution in [2.75, 3.05) is 0 Å². The highest BCUT2D eigenvalue weighted by Gasteiger charge is 2.19. The van der Waals surface area contributed by atoms with Gasteiger partial charge in [-0.25, -0.2) is 0 Å². The highest BCUT2D eigenvalue weighted by molar-refractivity contribution is 9.10. The highest BCUT2D eigenvalue weighted by Crippen LogP contribution is 2.21. The summed E-state index contributed by atoms with van der Waals surface area (Å²) in [5.41, 5.74) is 2.46. The lowest BCUT2D eigenvalue weighted by Crippen LogP contribution is -2.33. The van der Waals surface area contributed by atoms with Crippen molar-refractivity contribution in [3.8, 4) is 0 Å². The zero-order chi connectivity index (χ0) is 17.0. The summed E-state index contributed by atoms with van der Waals surface area (Å²) in [6, 6.07) is 8.55. The number of nitrogens with one attached hydrogen (secondary N) is 1. The molecule has 0 aliphatic carbocycles. The lowest BCUT2D eigenvalue weighted by molar-refractivity contribution is -0.137. The molecule has 2 rings (SSSR count). The Morgan fingerprint density at radius 1 is 1.35 bits per heavy atom. The van der Waals surface area contributed by atoms with Gasteiger partial charge in [0.1, 0.15) is 6.54 Å². The first-order valence-electron chi connectivity index (χ1n) is 7.13. The van der Waals surface area contributed by atoms with E-state index in [0.29, 0.717) is 0 Å². The number of hydrogen-bond donors (Lipinski definition) is 2. The fraction of sp³-hybridized carbons (Fsp3) is 0.312. The molecule has 0 aliphatic heterocycles. The summed E-state index contributed by atoms with van der Waals surface area (Å²) in [5.74, 6) is -1.25. The lowest BCUT2D eigenvalue weighted by atomic mass is 10.0. The molecule has 0 saturated heterocycles. The Labute approximate surface area is 142 Å². The lowest BCUT2D eigenvalue weighted by Gasteiger charge is -2.18. The monoisotopic (exact) mass is 379 g/mol. The molecule has 1 aromatic heterocycles. The van der Waals surface area contributed by atoms with E-state index in [0.717, 1.165) is 21.4 Å². The summed E-state index contributed by atoms with van der Waals surface area (Å²) in [5, 5.41) is 16.1. The molecule has 0 fully saturated rings. The number of aliphatic carboxylic acids is 1. The van der Waals surface area contributed by atoms with Crippen LogP contribution < -0.4 is 5.32 Å². The molecule has 1 amide bonds. The number of benzene rings is 1. The van der Waals surface area contributed by atoms with Crippen LogP contribution in [0.2, 0.25) is 0 Å². The molecule has 7 heteroatoms. The standard InChI is InChI=1S/C16H18BrN3O3/c1-10-6-11(2)20(19-10)9-15(21)18-14(8-16(22)23)12-4-3-5-13(17)7-12/h3-7,14H,8-9H2,1-2H3,(H,18,21)(H,22,23). The number of carboxylic acid groups (broad SMARTS) is 1. The van der Waals surface area contributed by atoms with Crippen LogP contribution in [-0.4, -0.2) is 26.8 Å². The molecule has 1 unspecified atom stereocenters. The van der Waals surface area contributed by atoms with Crippen LogP contribution >= 0.6 is 15.9 Å². The van der Waals surface area contributed by atoms with Gasteiger partial charge in [0.2, 0.25) is 5.91 Å². The molecule has 122 valence electrons. The number of nitrogens with zero attached hydrogens (tertiary/aromatic N) is 2. The molecule has 0 saturated carbocycles. The fourth-order valence-corrected chi connectivity index (χ4v) is 2.78. The van der Waals surface area contributed by atoms with Gasteiger partial charge in [-0.15, -0.1) is 0 Å². The maximum atomic E-state index is 12.2. The third kappa shape index (κ3) is 4.92. The first-order valence-corrected chi connectivity index (χ1v) is 7.92. The number of halogens is 1. The number of carbonyl (C=O) groups is 2. The molecule has 2 aromatic rings. The second-order valence-electron chi connectivity index (χ2n) is 5.36. The predicted octanol–water partition coefficient (Wildman–Crippen LogP) is 2.59. The van der Waals surface area contributed by atoms with Gasteiger partial charge < -0.3 is 10.4 Å². The van der Waals surface area contributed by atoms with E-state index in [2.05, 4.69) is 26.3 Å². The van der Waals surface area contributed by atoms with Gasteiger partial charge in [-0.05, 0) is 37.6 Å². The number of rotatable bonds is 6. The van der Waals surface area contributed by atoms with Gasteiger partial charge in [-0.1, -0.05) is 28.1 Å².